The molecular weight excluding hydrogens is 661 g/mol. The summed E-state index contributed by atoms with van der Waals surface area (Å²) in [6.45, 7) is 0. The molecule has 0 saturated carbocycles. The van der Waals surface area contributed by atoms with Crippen LogP contribution in [0.4, 0.5) is 0 Å². The van der Waals surface area contributed by atoms with Gasteiger partial charge in [-0.2, -0.15) is 0 Å². The Hall–Kier alpha value is -7.37. The molecule has 0 unspecified atom stereocenters. The zero-order valence-electron chi connectivity index (χ0n) is 29.0. The number of fused-ring (bicyclic) bond motifs is 8. The van der Waals surface area contributed by atoms with Crippen LogP contribution in [0.1, 0.15) is 0 Å². The smallest absolute Gasteiger partial charge is 0.160 e. The quantitative estimate of drug-likeness (QED) is 0.180. The van der Waals surface area contributed by atoms with Crippen molar-refractivity contribution in [2.24, 2.45) is 0 Å². The molecule has 0 amide bonds. The second-order valence-electron chi connectivity index (χ2n) is 13.6. The van der Waals surface area contributed by atoms with Gasteiger partial charge in [0.1, 0.15) is 11.2 Å². The van der Waals surface area contributed by atoms with Crippen LogP contribution in [0.25, 0.3) is 105 Å². The van der Waals surface area contributed by atoms with Crippen molar-refractivity contribution < 1.29 is 4.42 Å². The molecule has 0 atom stereocenters. The van der Waals surface area contributed by atoms with Gasteiger partial charge in [-0.15, -0.1) is 0 Å². The monoisotopic (exact) mass is 690 g/mol. The SMILES string of the molecule is c1ccc(-c2cc(-c3ccc4oc5c6ccccc6nc(-c6ccccc6)c5c4c3)nc(-c3ccc(-n4c5ccccc5c5ccccc54)cc3)n2)cc1. The maximum Gasteiger partial charge on any atom is 0.160 e. The van der Waals surface area contributed by atoms with Crippen LogP contribution < -0.4 is 0 Å². The molecule has 0 spiro atoms. The van der Waals surface area contributed by atoms with Crippen LogP contribution in [-0.2, 0) is 0 Å². The molecule has 5 nitrogen and oxygen atoms in total. The fraction of sp³-hybridized carbons (Fsp3) is 0. The van der Waals surface area contributed by atoms with Crippen molar-refractivity contribution in [3.63, 3.8) is 0 Å². The van der Waals surface area contributed by atoms with E-state index in [4.69, 9.17) is 19.4 Å². The highest BCUT2D eigenvalue weighted by Crippen LogP contribution is 2.41. The summed E-state index contributed by atoms with van der Waals surface area (Å²) in [7, 11) is 0. The zero-order valence-corrected chi connectivity index (χ0v) is 29.0. The van der Waals surface area contributed by atoms with E-state index in [0.29, 0.717) is 5.82 Å². The van der Waals surface area contributed by atoms with Crippen LogP contribution in [0.3, 0.4) is 0 Å². The third-order valence-electron chi connectivity index (χ3n) is 10.4. The fourth-order valence-corrected chi connectivity index (χ4v) is 7.87. The Balaban J connectivity index is 1.09. The molecule has 7 aromatic carbocycles. The van der Waals surface area contributed by atoms with Crippen LogP contribution in [0, 0.1) is 0 Å². The summed E-state index contributed by atoms with van der Waals surface area (Å²) in [5, 5.41) is 5.46. The van der Waals surface area contributed by atoms with Crippen molar-refractivity contribution in [2.45, 2.75) is 0 Å². The zero-order chi connectivity index (χ0) is 35.6. The molecule has 0 aliphatic heterocycles. The summed E-state index contributed by atoms with van der Waals surface area (Å²) < 4.78 is 8.95. The number of hydrogen-bond donors (Lipinski definition) is 0. The predicted molar refractivity (Wildman–Crippen MR) is 221 cm³/mol. The molecule has 11 aromatic rings. The molecule has 0 aliphatic rings. The normalized spacial score (nSPS) is 11.7. The maximum absolute atomic E-state index is 6.63. The third kappa shape index (κ3) is 4.83. The van der Waals surface area contributed by atoms with Crippen molar-refractivity contribution >= 4 is 54.6 Å². The van der Waals surface area contributed by atoms with Gasteiger partial charge in [0.05, 0.1) is 39.0 Å². The molecule has 0 fully saturated rings. The van der Waals surface area contributed by atoms with E-state index < -0.39 is 0 Å². The van der Waals surface area contributed by atoms with Crippen molar-refractivity contribution in [2.75, 3.05) is 0 Å². The number of furan rings is 1. The molecule has 4 aromatic heterocycles. The molecule has 4 heterocycles. The van der Waals surface area contributed by atoms with Crippen molar-refractivity contribution in [3.8, 4) is 50.8 Å². The highest BCUT2D eigenvalue weighted by Gasteiger charge is 2.20. The van der Waals surface area contributed by atoms with E-state index in [9.17, 15) is 0 Å². The summed E-state index contributed by atoms with van der Waals surface area (Å²) in [5.41, 5.74) is 12.6. The Bertz CT molecular complexity index is 3150. The minimum atomic E-state index is 0.662. The summed E-state index contributed by atoms with van der Waals surface area (Å²) >= 11 is 0. The Labute approximate surface area is 310 Å². The predicted octanol–water partition coefficient (Wildman–Crippen LogP) is 12.7. The van der Waals surface area contributed by atoms with Crippen molar-refractivity contribution in [1.29, 1.82) is 0 Å². The van der Waals surface area contributed by atoms with E-state index in [0.717, 1.165) is 77.9 Å². The van der Waals surface area contributed by atoms with Gasteiger partial charge in [-0.25, -0.2) is 15.0 Å². The highest BCUT2D eigenvalue weighted by molar-refractivity contribution is 6.19. The van der Waals surface area contributed by atoms with Crippen LogP contribution in [0.2, 0.25) is 0 Å². The lowest BCUT2D eigenvalue weighted by molar-refractivity contribution is 0.672. The molecule has 5 heteroatoms. The van der Waals surface area contributed by atoms with Gasteiger partial charge in [0.25, 0.3) is 0 Å². The molecule has 0 aliphatic carbocycles. The summed E-state index contributed by atoms with van der Waals surface area (Å²) in [5.74, 6) is 0.662. The van der Waals surface area contributed by atoms with Crippen LogP contribution >= 0.6 is 0 Å². The van der Waals surface area contributed by atoms with Gasteiger partial charge in [0.2, 0.25) is 0 Å². The lowest BCUT2D eigenvalue weighted by atomic mass is 10.0. The minimum Gasteiger partial charge on any atom is -0.455 e. The molecule has 0 N–H and O–H groups in total. The van der Waals surface area contributed by atoms with Gasteiger partial charge in [-0.1, -0.05) is 109 Å². The van der Waals surface area contributed by atoms with Crippen LogP contribution in [-0.4, -0.2) is 19.5 Å². The van der Waals surface area contributed by atoms with Crippen LogP contribution in [0.5, 0.6) is 0 Å². The number of para-hydroxylation sites is 3. The van der Waals surface area contributed by atoms with E-state index in [1.165, 1.54) is 21.8 Å². The maximum atomic E-state index is 6.63. The standard InChI is InChI=1S/C49H30N4O/c1-3-13-31(14-4-1)41-30-42(52-49(51-41)33-23-26-35(27-24-33)53-43-21-11-8-17-36(43)37-18-9-12-22-44(37)53)34-25-28-45-39(29-34)46-47(32-15-5-2-6-16-32)50-40-20-10-7-19-38(40)48(46)54-45/h1-30H. The second kappa shape index (κ2) is 12.1. The number of nitrogens with zero attached hydrogens (tertiary/aromatic N) is 4. The Morgan fingerprint density at radius 3 is 1.69 bits per heavy atom. The Kier molecular flexibility index (Phi) is 6.79. The lowest BCUT2D eigenvalue weighted by Gasteiger charge is -2.11. The Morgan fingerprint density at radius 2 is 0.981 bits per heavy atom. The van der Waals surface area contributed by atoms with Gasteiger partial charge < -0.3 is 8.98 Å². The largest absolute Gasteiger partial charge is 0.455 e. The second-order valence-corrected chi connectivity index (χ2v) is 13.6. The van der Waals surface area contributed by atoms with Crippen LogP contribution in [0.15, 0.2) is 186 Å². The topological polar surface area (TPSA) is 56.7 Å². The molecule has 252 valence electrons. The minimum absolute atomic E-state index is 0.662. The van der Waals surface area contributed by atoms with Gasteiger partial charge >= 0.3 is 0 Å². The van der Waals surface area contributed by atoms with Gasteiger partial charge in [-0.3, -0.25) is 0 Å². The molecular formula is C49H30N4O. The van der Waals surface area contributed by atoms with E-state index in [2.05, 4.69) is 144 Å². The molecule has 0 radical (unpaired) electrons. The van der Waals surface area contributed by atoms with E-state index in [1.54, 1.807) is 0 Å². The third-order valence-corrected chi connectivity index (χ3v) is 10.4. The molecule has 54 heavy (non-hydrogen) atoms. The molecule has 11 rings (SSSR count). The summed E-state index contributed by atoms with van der Waals surface area (Å²) in [4.78, 5) is 15.5. The number of hydrogen-bond acceptors (Lipinski definition) is 4. The number of pyridine rings is 1. The van der Waals surface area contributed by atoms with E-state index in [-0.39, 0.29) is 0 Å². The molecule has 0 saturated heterocycles. The van der Waals surface area contributed by atoms with E-state index in [1.807, 2.05) is 42.5 Å². The Morgan fingerprint density at radius 1 is 0.407 bits per heavy atom. The first-order valence-electron chi connectivity index (χ1n) is 18.1. The van der Waals surface area contributed by atoms with Crippen molar-refractivity contribution in [1.82, 2.24) is 19.5 Å². The first-order valence-corrected chi connectivity index (χ1v) is 18.1. The average Bonchev–Trinajstić information content (AvgIpc) is 3.80. The fourth-order valence-electron chi connectivity index (χ4n) is 7.87. The number of benzene rings is 7. The van der Waals surface area contributed by atoms with Gasteiger partial charge in [-0.05, 0) is 72.8 Å². The lowest BCUT2D eigenvalue weighted by Crippen LogP contribution is -1.97. The molecule has 0 bridgehead atoms. The van der Waals surface area contributed by atoms with Gasteiger partial charge in [0.15, 0.2) is 5.82 Å². The summed E-state index contributed by atoms with van der Waals surface area (Å²) in [6, 6.07) is 63.0. The first kappa shape index (κ1) is 30.3. The average molecular weight is 691 g/mol. The van der Waals surface area contributed by atoms with Crippen molar-refractivity contribution in [3.05, 3.63) is 182 Å². The van der Waals surface area contributed by atoms with E-state index >= 15 is 0 Å². The van der Waals surface area contributed by atoms with Gasteiger partial charge in [0, 0.05) is 49.5 Å². The highest BCUT2D eigenvalue weighted by atomic mass is 16.3. The number of aromatic nitrogens is 4. The first-order chi connectivity index (χ1) is 26.8. The summed E-state index contributed by atoms with van der Waals surface area (Å²) in [6.07, 6.45) is 0. The number of rotatable bonds is 5.